The summed E-state index contributed by atoms with van der Waals surface area (Å²) in [6.07, 6.45) is -2.13. The van der Waals surface area contributed by atoms with Gasteiger partial charge in [0.2, 0.25) is 0 Å². The van der Waals surface area contributed by atoms with E-state index in [2.05, 4.69) is 36.5 Å². The maximum atomic E-state index is 13.6. The third-order valence-corrected chi connectivity index (χ3v) is 6.95. The molecule has 4 nitrogen and oxygen atoms in total. The van der Waals surface area contributed by atoms with Crippen LogP contribution in [0.3, 0.4) is 0 Å². The molecule has 3 aromatic rings. The number of halogens is 3. The molecule has 0 fully saturated rings. The van der Waals surface area contributed by atoms with E-state index in [-0.39, 0.29) is 17.9 Å². The second-order valence-corrected chi connectivity index (χ2v) is 8.63. The quantitative estimate of drug-likeness (QED) is 0.429. The van der Waals surface area contributed by atoms with Gasteiger partial charge in [0.25, 0.3) is 0 Å². The van der Waals surface area contributed by atoms with Crippen LogP contribution in [0.4, 0.5) is 36.2 Å². The highest BCUT2D eigenvalue weighted by Gasteiger charge is 2.53. The molecule has 164 valence electrons. The average Bonchev–Trinajstić information content (AvgIpc) is 3.11. The Hall–Kier alpha value is -3.35. The first kappa shape index (κ1) is 20.5. The number of anilines is 4. The number of rotatable bonds is 2. The number of para-hydroxylation sites is 2. The molecule has 0 bridgehead atoms. The zero-order chi connectivity index (χ0) is 22.8. The van der Waals surface area contributed by atoms with E-state index in [0.29, 0.717) is 5.82 Å². The smallest absolute Gasteiger partial charge is 0.301 e. The Bertz CT molecular complexity index is 1220. The summed E-state index contributed by atoms with van der Waals surface area (Å²) in [7, 11) is 0. The standard InChI is InChI=1S/C25H23F3N4/c1-5-24(4)16(3)23-31(18-12-8-6-10-15(18)2)22-21(29-14-20(30-22)25(26,27)28)32(23)19-13-9-7-11-17(19)24/h5-14,16,23H,1H2,2-4H3. The molecule has 3 heterocycles. The second kappa shape index (κ2) is 6.82. The van der Waals surface area contributed by atoms with Gasteiger partial charge in [-0.2, -0.15) is 13.2 Å². The minimum absolute atomic E-state index is 0.0279. The molecule has 0 N–H and O–H groups in total. The van der Waals surface area contributed by atoms with Crippen molar-refractivity contribution in [1.29, 1.82) is 0 Å². The van der Waals surface area contributed by atoms with Crippen molar-refractivity contribution in [2.45, 2.75) is 38.5 Å². The number of alkyl halides is 3. The van der Waals surface area contributed by atoms with Crippen molar-refractivity contribution in [2.24, 2.45) is 5.92 Å². The van der Waals surface area contributed by atoms with Crippen molar-refractivity contribution in [3.63, 3.8) is 0 Å². The lowest BCUT2D eigenvalue weighted by atomic mass is 9.67. The summed E-state index contributed by atoms with van der Waals surface area (Å²) in [4.78, 5) is 12.3. The van der Waals surface area contributed by atoms with Crippen molar-refractivity contribution in [2.75, 3.05) is 9.80 Å². The summed E-state index contributed by atoms with van der Waals surface area (Å²) in [5, 5.41) is 0. The van der Waals surface area contributed by atoms with Gasteiger partial charge in [-0.05, 0) is 30.2 Å². The molecule has 32 heavy (non-hydrogen) atoms. The van der Waals surface area contributed by atoms with Gasteiger partial charge in [0.1, 0.15) is 6.17 Å². The molecule has 2 aromatic carbocycles. The van der Waals surface area contributed by atoms with Crippen LogP contribution in [-0.2, 0) is 11.6 Å². The number of hydrogen-bond donors (Lipinski definition) is 0. The normalized spacial score (nSPS) is 24.1. The molecule has 1 aromatic heterocycles. The van der Waals surface area contributed by atoms with Crippen LogP contribution < -0.4 is 9.80 Å². The third kappa shape index (κ3) is 2.70. The molecule has 3 atom stereocenters. The predicted molar refractivity (Wildman–Crippen MR) is 119 cm³/mol. The molecular weight excluding hydrogens is 413 g/mol. The van der Waals surface area contributed by atoms with Crippen molar-refractivity contribution in [3.8, 4) is 0 Å². The maximum Gasteiger partial charge on any atom is 0.434 e. The highest BCUT2D eigenvalue weighted by atomic mass is 19.4. The molecule has 0 saturated heterocycles. The zero-order valence-electron chi connectivity index (χ0n) is 18.1. The largest absolute Gasteiger partial charge is 0.434 e. The first-order valence-corrected chi connectivity index (χ1v) is 10.5. The summed E-state index contributed by atoms with van der Waals surface area (Å²) in [5.74, 6) is 0.616. The van der Waals surface area contributed by atoms with Crippen molar-refractivity contribution in [3.05, 3.63) is 84.2 Å². The molecule has 2 aliphatic rings. The van der Waals surface area contributed by atoms with E-state index in [1.54, 1.807) is 0 Å². The Balaban J connectivity index is 1.83. The minimum atomic E-state index is -4.58. The molecule has 5 rings (SSSR count). The molecule has 3 unspecified atom stereocenters. The molecule has 2 aliphatic heterocycles. The summed E-state index contributed by atoms with van der Waals surface area (Å²) in [6, 6.07) is 15.6. The Morgan fingerprint density at radius 2 is 1.62 bits per heavy atom. The fourth-order valence-electron chi connectivity index (χ4n) is 4.99. The number of aromatic nitrogens is 2. The Labute approximate surface area is 185 Å². The van der Waals surface area contributed by atoms with E-state index in [9.17, 15) is 13.2 Å². The number of benzene rings is 2. The van der Waals surface area contributed by atoms with Crippen LogP contribution in [0.1, 0.15) is 30.7 Å². The highest BCUT2D eigenvalue weighted by Crippen LogP contribution is 2.57. The number of aryl methyl sites for hydroxylation is 1. The summed E-state index contributed by atoms with van der Waals surface area (Å²) >= 11 is 0. The number of nitrogens with zero attached hydrogens (tertiary/aromatic N) is 4. The van der Waals surface area contributed by atoms with Gasteiger partial charge in [-0.3, -0.25) is 0 Å². The van der Waals surface area contributed by atoms with E-state index in [1.165, 1.54) is 0 Å². The summed E-state index contributed by atoms with van der Waals surface area (Å²) < 4.78 is 40.7. The summed E-state index contributed by atoms with van der Waals surface area (Å²) in [6.45, 7) is 10.3. The van der Waals surface area contributed by atoms with Crippen LogP contribution in [-0.4, -0.2) is 16.1 Å². The molecule has 0 amide bonds. The van der Waals surface area contributed by atoms with Gasteiger partial charge < -0.3 is 9.80 Å². The second-order valence-electron chi connectivity index (χ2n) is 8.63. The van der Waals surface area contributed by atoms with Crippen molar-refractivity contribution >= 4 is 23.0 Å². The van der Waals surface area contributed by atoms with Gasteiger partial charge in [-0.15, -0.1) is 6.58 Å². The fraction of sp³-hybridized carbons (Fsp3) is 0.280. The van der Waals surface area contributed by atoms with E-state index < -0.39 is 17.3 Å². The average molecular weight is 436 g/mol. The minimum Gasteiger partial charge on any atom is -0.301 e. The number of allylic oxidation sites excluding steroid dienone is 1. The number of fused-ring (bicyclic) bond motifs is 5. The Morgan fingerprint density at radius 3 is 2.28 bits per heavy atom. The highest BCUT2D eigenvalue weighted by molar-refractivity contribution is 5.87. The molecule has 0 spiro atoms. The van der Waals surface area contributed by atoms with Gasteiger partial charge in [-0.25, -0.2) is 9.97 Å². The maximum absolute atomic E-state index is 13.6. The fourth-order valence-corrected chi connectivity index (χ4v) is 4.99. The Morgan fingerprint density at radius 1 is 1.00 bits per heavy atom. The van der Waals surface area contributed by atoms with E-state index in [0.717, 1.165) is 28.7 Å². The Kier molecular flexibility index (Phi) is 4.38. The zero-order valence-corrected chi connectivity index (χ0v) is 18.1. The lowest BCUT2D eigenvalue weighted by molar-refractivity contribution is -0.141. The molecular formula is C25H23F3N4. The van der Waals surface area contributed by atoms with Gasteiger partial charge in [0.05, 0.1) is 6.20 Å². The van der Waals surface area contributed by atoms with E-state index in [1.807, 2.05) is 65.3 Å². The lowest BCUT2D eigenvalue weighted by Crippen LogP contribution is -2.54. The topological polar surface area (TPSA) is 32.3 Å². The van der Waals surface area contributed by atoms with Gasteiger partial charge in [-0.1, -0.05) is 56.3 Å². The first-order chi connectivity index (χ1) is 15.2. The molecule has 0 saturated carbocycles. The lowest BCUT2D eigenvalue weighted by Gasteiger charge is -2.49. The van der Waals surface area contributed by atoms with Gasteiger partial charge in [0.15, 0.2) is 17.3 Å². The molecule has 0 radical (unpaired) electrons. The van der Waals surface area contributed by atoms with Crippen LogP contribution in [0.2, 0.25) is 0 Å². The van der Waals surface area contributed by atoms with Gasteiger partial charge in [0, 0.05) is 22.7 Å². The van der Waals surface area contributed by atoms with Crippen molar-refractivity contribution < 1.29 is 13.2 Å². The van der Waals surface area contributed by atoms with E-state index >= 15 is 0 Å². The summed E-state index contributed by atoms with van der Waals surface area (Å²) in [5.41, 5.74) is 2.34. The van der Waals surface area contributed by atoms with Crippen LogP contribution in [0, 0.1) is 12.8 Å². The van der Waals surface area contributed by atoms with Crippen LogP contribution in [0.25, 0.3) is 0 Å². The van der Waals surface area contributed by atoms with Crippen LogP contribution >= 0.6 is 0 Å². The monoisotopic (exact) mass is 436 g/mol. The number of hydrogen-bond acceptors (Lipinski definition) is 4. The first-order valence-electron chi connectivity index (χ1n) is 10.5. The van der Waals surface area contributed by atoms with Crippen LogP contribution in [0.5, 0.6) is 0 Å². The van der Waals surface area contributed by atoms with E-state index in [4.69, 9.17) is 0 Å². The SMILES string of the molecule is C=CC1(C)c2ccccc2N2c3ncc(C(F)(F)F)nc3N(c3ccccc3C)C2C1C. The van der Waals surface area contributed by atoms with Crippen LogP contribution in [0.15, 0.2) is 67.4 Å². The third-order valence-electron chi connectivity index (χ3n) is 6.95. The molecule has 7 heteroatoms. The molecule has 0 aliphatic carbocycles. The predicted octanol–water partition coefficient (Wildman–Crippen LogP) is 6.51. The van der Waals surface area contributed by atoms with Gasteiger partial charge >= 0.3 is 6.18 Å². The van der Waals surface area contributed by atoms with Crippen molar-refractivity contribution in [1.82, 2.24) is 9.97 Å².